The average Bonchev–Trinajstić information content (AvgIpc) is 3.39. The molecular formula is C67H129NO5. The highest BCUT2D eigenvalue weighted by Gasteiger charge is 2.20. The summed E-state index contributed by atoms with van der Waals surface area (Å²) in [5.74, 6) is -0.0338. The molecule has 432 valence electrons. The second kappa shape index (κ2) is 62.9. The van der Waals surface area contributed by atoms with Gasteiger partial charge in [-0.15, -0.1) is 0 Å². The first-order valence-corrected chi connectivity index (χ1v) is 33.1. The number of carbonyl (C=O) groups excluding carboxylic acids is 2. The van der Waals surface area contributed by atoms with E-state index in [2.05, 4.69) is 43.5 Å². The van der Waals surface area contributed by atoms with Crippen molar-refractivity contribution in [2.75, 3.05) is 13.2 Å². The molecule has 0 radical (unpaired) electrons. The van der Waals surface area contributed by atoms with Crippen LogP contribution in [0, 0.1) is 0 Å². The van der Waals surface area contributed by atoms with E-state index >= 15 is 0 Å². The maximum absolute atomic E-state index is 12.5. The lowest BCUT2D eigenvalue weighted by atomic mass is 10.0. The summed E-state index contributed by atoms with van der Waals surface area (Å²) in [6, 6.07) is -0.545. The van der Waals surface area contributed by atoms with Crippen LogP contribution in [0.25, 0.3) is 0 Å². The third-order valence-corrected chi connectivity index (χ3v) is 15.5. The number of aliphatic hydroxyl groups excluding tert-OH is 2. The van der Waals surface area contributed by atoms with E-state index in [4.69, 9.17) is 4.74 Å². The Morgan fingerprint density at radius 1 is 0.370 bits per heavy atom. The fourth-order valence-electron chi connectivity index (χ4n) is 10.4. The Morgan fingerprint density at radius 2 is 0.658 bits per heavy atom. The molecule has 0 bridgehead atoms. The Morgan fingerprint density at radius 3 is 1.01 bits per heavy atom. The number of ether oxygens (including phenoxy) is 1. The second-order valence-electron chi connectivity index (χ2n) is 22.8. The van der Waals surface area contributed by atoms with Crippen LogP contribution in [0.2, 0.25) is 0 Å². The van der Waals surface area contributed by atoms with Gasteiger partial charge in [-0.25, -0.2) is 0 Å². The molecule has 2 atom stereocenters. The van der Waals surface area contributed by atoms with E-state index in [9.17, 15) is 19.8 Å². The van der Waals surface area contributed by atoms with Crippen molar-refractivity contribution >= 4 is 11.9 Å². The smallest absolute Gasteiger partial charge is 0.305 e. The summed E-state index contributed by atoms with van der Waals surface area (Å²) < 4.78 is 5.46. The molecule has 0 aliphatic rings. The van der Waals surface area contributed by atoms with E-state index in [0.717, 1.165) is 44.9 Å². The number of aliphatic hydroxyl groups is 2. The Bertz CT molecular complexity index is 1140. The van der Waals surface area contributed by atoms with Crippen LogP contribution in [0.4, 0.5) is 0 Å². The topological polar surface area (TPSA) is 95.9 Å². The molecule has 0 aliphatic heterocycles. The van der Waals surface area contributed by atoms with Gasteiger partial charge in [0.05, 0.1) is 25.4 Å². The number of allylic oxidation sites excluding steroid dienone is 4. The van der Waals surface area contributed by atoms with Crippen LogP contribution in [0.5, 0.6) is 0 Å². The van der Waals surface area contributed by atoms with Gasteiger partial charge in [0.15, 0.2) is 0 Å². The molecule has 0 aromatic rings. The lowest BCUT2D eigenvalue weighted by Crippen LogP contribution is -2.45. The third kappa shape index (κ3) is 59.4. The predicted molar refractivity (Wildman–Crippen MR) is 320 cm³/mol. The number of hydrogen-bond donors (Lipinski definition) is 3. The summed E-state index contributed by atoms with van der Waals surface area (Å²) in [6.07, 6.45) is 77.8. The predicted octanol–water partition coefficient (Wildman–Crippen LogP) is 21.0. The highest BCUT2D eigenvalue weighted by atomic mass is 16.5. The number of unbranched alkanes of at least 4 members (excludes halogenated alkanes) is 47. The van der Waals surface area contributed by atoms with Crippen LogP contribution in [0.15, 0.2) is 24.3 Å². The van der Waals surface area contributed by atoms with E-state index in [0.29, 0.717) is 25.9 Å². The monoisotopic (exact) mass is 1030 g/mol. The largest absolute Gasteiger partial charge is 0.466 e. The Labute approximate surface area is 456 Å². The van der Waals surface area contributed by atoms with Gasteiger partial charge in [0, 0.05) is 12.8 Å². The molecule has 0 saturated carbocycles. The van der Waals surface area contributed by atoms with Crippen molar-refractivity contribution < 1.29 is 24.5 Å². The van der Waals surface area contributed by atoms with Crippen molar-refractivity contribution in [2.24, 2.45) is 0 Å². The summed E-state index contributed by atoms with van der Waals surface area (Å²) in [5, 5.41) is 23.4. The zero-order valence-corrected chi connectivity index (χ0v) is 49.4. The van der Waals surface area contributed by atoms with Crippen molar-refractivity contribution in [1.82, 2.24) is 5.32 Å². The molecule has 73 heavy (non-hydrogen) atoms. The van der Waals surface area contributed by atoms with E-state index in [1.165, 1.54) is 289 Å². The summed E-state index contributed by atoms with van der Waals surface area (Å²) in [5.41, 5.74) is 0. The fourth-order valence-corrected chi connectivity index (χ4v) is 10.4. The lowest BCUT2D eigenvalue weighted by Gasteiger charge is -2.22. The third-order valence-electron chi connectivity index (χ3n) is 15.5. The van der Waals surface area contributed by atoms with Crippen LogP contribution in [-0.2, 0) is 14.3 Å². The van der Waals surface area contributed by atoms with E-state index in [1.54, 1.807) is 0 Å². The quantitative estimate of drug-likeness (QED) is 0.0320. The highest BCUT2D eigenvalue weighted by molar-refractivity contribution is 5.76. The molecule has 1 amide bonds. The Kier molecular flexibility index (Phi) is 61.4. The van der Waals surface area contributed by atoms with Crippen molar-refractivity contribution in [2.45, 2.75) is 379 Å². The van der Waals surface area contributed by atoms with Gasteiger partial charge < -0.3 is 20.3 Å². The van der Waals surface area contributed by atoms with Gasteiger partial charge in [-0.2, -0.15) is 0 Å². The van der Waals surface area contributed by atoms with Gasteiger partial charge in [-0.05, 0) is 70.6 Å². The molecular weight excluding hydrogens is 899 g/mol. The van der Waals surface area contributed by atoms with Gasteiger partial charge >= 0.3 is 5.97 Å². The molecule has 0 aromatic heterocycles. The van der Waals surface area contributed by atoms with Crippen LogP contribution < -0.4 is 5.32 Å². The van der Waals surface area contributed by atoms with Crippen molar-refractivity contribution in [3.8, 4) is 0 Å². The number of rotatable bonds is 62. The SMILES string of the molecule is CCCC/C=C\CCCCCCCC(=O)OCCCCCCCCCCCCCC/C=C\CCCCCCCCCCC(=O)NC(CO)C(O)CCCCCCCCCCCCCCCCCCCCCCC. The number of esters is 1. The first-order chi connectivity index (χ1) is 36.0. The molecule has 3 N–H and O–H groups in total. The molecule has 6 heteroatoms. The summed E-state index contributed by atoms with van der Waals surface area (Å²) in [4.78, 5) is 24.5. The zero-order chi connectivity index (χ0) is 52.9. The molecule has 6 nitrogen and oxygen atoms in total. The normalized spacial score (nSPS) is 12.7. The van der Waals surface area contributed by atoms with E-state index in [1.807, 2.05) is 0 Å². The summed E-state index contributed by atoms with van der Waals surface area (Å²) in [6.45, 7) is 4.94. The number of amides is 1. The average molecular weight is 1030 g/mol. The van der Waals surface area contributed by atoms with Gasteiger partial charge in [0.1, 0.15) is 0 Å². The van der Waals surface area contributed by atoms with Crippen LogP contribution in [0.1, 0.15) is 367 Å². The first-order valence-electron chi connectivity index (χ1n) is 33.1. The zero-order valence-electron chi connectivity index (χ0n) is 49.4. The molecule has 0 rings (SSSR count). The fraction of sp³-hybridized carbons (Fsp3) is 0.910. The van der Waals surface area contributed by atoms with Gasteiger partial charge in [-0.1, -0.05) is 308 Å². The molecule has 0 fully saturated rings. The van der Waals surface area contributed by atoms with Crippen LogP contribution in [-0.4, -0.2) is 47.4 Å². The van der Waals surface area contributed by atoms with Crippen LogP contribution >= 0.6 is 0 Å². The molecule has 0 saturated heterocycles. The van der Waals surface area contributed by atoms with E-state index < -0.39 is 12.1 Å². The van der Waals surface area contributed by atoms with Gasteiger partial charge in [-0.3, -0.25) is 9.59 Å². The minimum atomic E-state index is -0.668. The molecule has 2 unspecified atom stereocenters. The second-order valence-corrected chi connectivity index (χ2v) is 22.8. The van der Waals surface area contributed by atoms with Crippen LogP contribution in [0.3, 0.4) is 0 Å². The number of nitrogens with one attached hydrogen (secondary N) is 1. The summed E-state index contributed by atoms with van der Waals surface area (Å²) in [7, 11) is 0. The van der Waals surface area contributed by atoms with Crippen molar-refractivity contribution in [1.29, 1.82) is 0 Å². The molecule has 0 heterocycles. The standard InChI is InChI=1S/C67H129NO5/c1-3-5-7-9-11-13-15-16-17-18-19-24-27-30-33-36-40-43-47-51-55-59-65(70)64(63-69)68-66(71)60-56-52-48-44-41-37-34-31-28-25-22-20-21-23-26-29-32-35-38-42-46-50-54-58-62-73-67(72)61-57-53-49-45-39-14-12-10-8-6-4-2/h10,12,22,25,64-65,69-70H,3-9,11,13-21,23-24,26-63H2,1-2H3,(H,68,71)/b12-10-,25-22-. The summed E-state index contributed by atoms with van der Waals surface area (Å²) >= 11 is 0. The first kappa shape index (κ1) is 71.3. The number of hydrogen-bond acceptors (Lipinski definition) is 5. The minimum Gasteiger partial charge on any atom is -0.466 e. The Balaban J connectivity index is 3.41. The van der Waals surface area contributed by atoms with E-state index in [-0.39, 0.29) is 18.5 Å². The maximum atomic E-state index is 12.5. The van der Waals surface area contributed by atoms with Crippen molar-refractivity contribution in [3.63, 3.8) is 0 Å². The Hall–Kier alpha value is -1.66. The molecule has 0 aromatic carbocycles. The van der Waals surface area contributed by atoms with Gasteiger partial charge in [0.25, 0.3) is 0 Å². The number of carbonyl (C=O) groups is 2. The lowest BCUT2D eigenvalue weighted by molar-refractivity contribution is -0.143. The maximum Gasteiger partial charge on any atom is 0.305 e. The minimum absolute atomic E-state index is 0.00196. The molecule has 0 spiro atoms. The van der Waals surface area contributed by atoms with Gasteiger partial charge in [0.2, 0.25) is 5.91 Å². The highest BCUT2D eigenvalue weighted by Crippen LogP contribution is 2.18. The van der Waals surface area contributed by atoms with Crippen molar-refractivity contribution in [3.05, 3.63) is 24.3 Å². The molecule has 0 aliphatic carbocycles.